The van der Waals surface area contributed by atoms with Crippen LogP contribution in [0.2, 0.25) is 0 Å². The minimum Gasteiger partial charge on any atom is -0.349 e. The van der Waals surface area contributed by atoms with Crippen LogP contribution in [0.1, 0.15) is 30.6 Å². The standard InChI is InChI=1S/C20H26N6O2S/c1-24-20(22-12-23-24)25-10-13-8-14(11-25)18(26-16(13)5-2-6-17(26)27)19(28)21-9-15-4-3-7-29-15/h3-4,7,12-14,16,18H,2,5-6,8-11H2,1H3,(H,21,28)/t13-,14+,16-,18+/m0/s1. The Kier molecular flexibility index (Phi) is 4.77. The highest BCUT2D eigenvalue weighted by Crippen LogP contribution is 2.42. The van der Waals surface area contributed by atoms with Gasteiger partial charge in [-0.1, -0.05) is 6.07 Å². The van der Waals surface area contributed by atoms with Gasteiger partial charge in [0.05, 0.1) is 6.54 Å². The molecule has 2 aromatic rings. The number of fused-ring (bicyclic) bond motifs is 4. The first-order chi connectivity index (χ1) is 14.1. The van der Waals surface area contributed by atoms with Crippen molar-refractivity contribution in [3.05, 3.63) is 28.7 Å². The third kappa shape index (κ3) is 3.31. The minimum atomic E-state index is -0.403. The molecule has 5 heterocycles. The van der Waals surface area contributed by atoms with E-state index < -0.39 is 6.04 Å². The first-order valence-corrected chi connectivity index (χ1v) is 11.2. The Balaban J connectivity index is 1.42. The van der Waals surface area contributed by atoms with Crippen LogP contribution in [0.3, 0.4) is 0 Å². The molecule has 0 radical (unpaired) electrons. The number of aryl methyl sites for hydroxylation is 1. The molecule has 9 heteroatoms. The quantitative estimate of drug-likeness (QED) is 0.818. The van der Waals surface area contributed by atoms with Crippen molar-refractivity contribution in [1.82, 2.24) is 25.0 Å². The van der Waals surface area contributed by atoms with Crippen molar-refractivity contribution < 1.29 is 9.59 Å². The lowest BCUT2D eigenvalue weighted by Crippen LogP contribution is -2.68. The highest BCUT2D eigenvalue weighted by Gasteiger charge is 2.52. The predicted molar refractivity (Wildman–Crippen MR) is 109 cm³/mol. The number of piperidine rings is 3. The highest BCUT2D eigenvalue weighted by molar-refractivity contribution is 7.09. The van der Waals surface area contributed by atoms with Gasteiger partial charge in [-0.05, 0) is 36.6 Å². The predicted octanol–water partition coefficient (Wildman–Crippen LogP) is 1.40. The van der Waals surface area contributed by atoms with Crippen LogP contribution < -0.4 is 10.2 Å². The van der Waals surface area contributed by atoms with Gasteiger partial charge < -0.3 is 15.1 Å². The van der Waals surface area contributed by atoms with E-state index in [1.54, 1.807) is 22.3 Å². The Morgan fingerprint density at radius 3 is 2.97 bits per heavy atom. The fraction of sp³-hybridized carbons (Fsp3) is 0.600. The van der Waals surface area contributed by atoms with E-state index in [2.05, 4.69) is 20.3 Å². The molecule has 2 bridgehead atoms. The molecule has 3 fully saturated rings. The number of aromatic nitrogens is 3. The highest BCUT2D eigenvalue weighted by atomic mass is 32.1. The number of hydrogen-bond acceptors (Lipinski definition) is 6. The van der Waals surface area contributed by atoms with Crippen LogP contribution in [-0.2, 0) is 23.2 Å². The number of hydrogen-bond donors (Lipinski definition) is 1. The van der Waals surface area contributed by atoms with Gasteiger partial charge in [0.15, 0.2) is 0 Å². The van der Waals surface area contributed by atoms with Crippen LogP contribution in [-0.4, -0.2) is 56.7 Å². The molecule has 8 nitrogen and oxygen atoms in total. The maximum atomic E-state index is 13.3. The molecule has 0 saturated carbocycles. The van der Waals surface area contributed by atoms with Crippen LogP contribution in [0.5, 0.6) is 0 Å². The normalized spacial score (nSPS) is 28.9. The number of thiophene rings is 1. The zero-order valence-electron chi connectivity index (χ0n) is 16.5. The molecule has 29 heavy (non-hydrogen) atoms. The Morgan fingerprint density at radius 1 is 1.34 bits per heavy atom. The largest absolute Gasteiger partial charge is 0.349 e. The van der Waals surface area contributed by atoms with E-state index in [1.165, 1.54) is 0 Å². The summed E-state index contributed by atoms with van der Waals surface area (Å²) in [7, 11) is 1.90. The molecule has 0 aromatic carbocycles. The summed E-state index contributed by atoms with van der Waals surface area (Å²) in [4.78, 5) is 35.9. The van der Waals surface area contributed by atoms with Gasteiger partial charge in [-0.3, -0.25) is 9.59 Å². The van der Waals surface area contributed by atoms with Crippen molar-refractivity contribution >= 4 is 29.1 Å². The SMILES string of the molecule is Cn1ncnc1N1C[C@@H]2C[C@H](C1)[C@H](C(=O)NCc1cccs1)N1C(=O)CCC[C@@H]21. The second-order valence-corrected chi connectivity index (χ2v) is 9.38. The summed E-state index contributed by atoms with van der Waals surface area (Å²) in [6.45, 7) is 2.10. The molecule has 2 amide bonds. The third-order valence-electron chi connectivity index (χ3n) is 6.60. The van der Waals surface area contributed by atoms with Crippen LogP contribution >= 0.6 is 11.3 Å². The summed E-state index contributed by atoms with van der Waals surface area (Å²) in [6, 6.07) is 3.75. The van der Waals surface area contributed by atoms with E-state index in [-0.39, 0.29) is 23.8 Å². The van der Waals surface area contributed by atoms with Gasteiger partial charge in [-0.15, -0.1) is 11.3 Å². The first-order valence-electron chi connectivity index (χ1n) is 10.3. The molecule has 1 N–H and O–H groups in total. The fourth-order valence-electron chi connectivity index (χ4n) is 5.43. The Bertz CT molecular complexity index is 897. The van der Waals surface area contributed by atoms with Crippen molar-refractivity contribution in [2.75, 3.05) is 18.0 Å². The number of anilines is 1. The topological polar surface area (TPSA) is 83.4 Å². The number of amides is 2. The number of carbonyl (C=O) groups excluding carboxylic acids is 2. The number of nitrogens with zero attached hydrogens (tertiary/aromatic N) is 5. The lowest BCUT2D eigenvalue weighted by atomic mass is 9.72. The van der Waals surface area contributed by atoms with Gasteiger partial charge in [0.25, 0.3) is 0 Å². The van der Waals surface area contributed by atoms with Crippen molar-refractivity contribution in [2.45, 2.75) is 44.3 Å². The van der Waals surface area contributed by atoms with E-state index in [1.807, 2.05) is 29.5 Å². The van der Waals surface area contributed by atoms with Gasteiger partial charge in [-0.25, -0.2) is 4.68 Å². The summed E-state index contributed by atoms with van der Waals surface area (Å²) in [6.07, 6.45) is 5.00. The van der Waals surface area contributed by atoms with Crippen LogP contribution in [0, 0.1) is 11.8 Å². The van der Waals surface area contributed by atoms with Crippen molar-refractivity contribution in [1.29, 1.82) is 0 Å². The van der Waals surface area contributed by atoms with Gasteiger partial charge in [-0.2, -0.15) is 10.1 Å². The molecule has 0 aliphatic carbocycles. The zero-order chi connectivity index (χ0) is 20.0. The number of rotatable bonds is 4. The zero-order valence-corrected chi connectivity index (χ0v) is 17.3. The summed E-state index contributed by atoms with van der Waals surface area (Å²) in [5, 5.41) is 9.32. The minimum absolute atomic E-state index is 0.0260. The fourth-order valence-corrected chi connectivity index (χ4v) is 6.07. The molecule has 2 aromatic heterocycles. The Labute approximate surface area is 173 Å². The summed E-state index contributed by atoms with van der Waals surface area (Å²) in [5.74, 6) is 1.43. The van der Waals surface area contributed by atoms with Crippen LogP contribution in [0.4, 0.5) is 5.95 Å². The molecule has 3 aliphatic rings. The first kappa shape index (κ1) is 18.6. The van der Waals surface area contributed by atoms with Gasteiger partial charge in [0, 0.05) is 43.4 Å². The Hall–Kier alpha value is -2.42. The van der Waals surface area contributed by atoms with Crippen molar-refractivity contribution in [2.24, 2.45) is 18.9 Å². The Morgan fingerprint density at radius 2 is 2.21 bits per heavy atom. The van der Waals surface area contributed by atoms with Gasteiger partial charge >= 0.3 is 0 Å². The molecule has 3 saturated heterocycles. The lowest BCUT2D eigenvalue weighted by molar-refractivity contribution is -0.156. The average molecular weight is 415 g/mol. The average Bonchev–Trinajstić information content (AvgIpc) is 3.38. The third-order valence-corrected chi connectivity index (χ3v) is 7.47. The lowest BCUT2D eigenvalue weighted by Gasteiger charge is -2.55. The van der Waals surface area contributed by atoms with E-state index in [4.69, 9.17) is 0 Å². The molecule has 4 atom stereocenters. The summed E-state index contributed by atoms with van der Waals surface area (Å²) in [5.41, 5.74) is 0. The van der Waals surface area contributed by atoms with Crippen molar-refractivity contribution in [3.8, 4) is 0 Å². The molecular formula is C20H26N6O2S. The van der Waals surface area contributed by atoms with E-state index in [0.717, 1.165) is 43.2 Å². The number of carbonyl (C=O) groups is 2. The van der Waals surface area contributed by atoms with Crippen LogP contribution in [0.15, 0.2) is 23.8 Å². The smallest absolute Gasteiger partial charge is 0.243 e. The maximum Gasteiger partial charge on any atom is 0.243 e. The molecule has 3 aliphatic heterocycles. The molecule has 0 spiro atoms. The van der Waals surface area contributed by atoms with E-state index in [0.29, 0.717) is 18.9 Å². The second-order valence-electron chi connectivity index (χ2n) is 8.35. The summed E-state index contributed by atoms with van der Waals surface area (Å²) >= 11 is 1.63. The van der Waals surface area contributed by atoms with Crippen LogP contribution in [0.25, 0.3) is 0 Å². The maximum absolute atomic E-state index is 13.3. The van der Waals surface area contributed by atoms with Gasteiger partial charge in [0.2, 0.25) is 17.8 Å². The summed E-state index contributed by atoms with van der Waals surface area (Å²) < 4.78 is 1.79. The van der Waals surface area contributed by atoms with Crippen molar-refractivity contribution in [3.63, 3.8) is 0 Å². The monoisotopic (exact) mass is 414 g/mol. The molecular weight excluding hydrogens is 388 g/mol. The second kappa shape index (κ2) is 7.44. The molecule has 0 unspecified atom stereocenters. The molecule has 5 rings (SSSR count). The molecule has 154 valence electrons. The van der Waals surface area contributed by atoms with E-state index in [9.17, 15) is 9.59 Å². The van der Waals surface area contributed by atoms with E-state index >= 15 is 0 Å². The number of nitrogens with one attached hydrogen (secondary N) is 1. The van der Waals surface area contributed by atoms with Gasteiger partial charge in [0.1, 0.15) is 12.4 Å².